The van der Waals surface area contributed by atoms with Crippen LogP contribution in [0.25, 0.3) is 10.9 Å². The van der Waals surface area contributed by atoms with Crippen molar-refractivity contribution in [1.82, 2.24) is 8.87 Å². The highest BCUT2D eigenvalue weighted by Crippen LogP contribution is 2.29. The van der Waals surface area contributed by atoms with Gasteiger partial charge in [-0.05, 0) is 95.7 Å². The molecule has 0 atom stereocenters. The molecule has 4 rings (SSSR count). The van der Waals surface area contributed by atoms with Gasteiger partial charge in [-0.25, -0.2) is 12.4 Å². The van der Waals surface area contributed by atoms with Crippen molar-refractivity contribution in [1.29, 1.82) is 0 Å². The van der Waals surface area contributed by atoms with Gasteiger partial charge >= 0.3 is 0 Å². The van der Waals surface area contributed by atoms with E-state index in [-0.39, 0.29) is 11.0 Å². The number of nitrogens with zero attached hydrogens (tertiary/aromatic N) is 2. The number of ether oxygens (including phenoxy) is 1. The third-order valence-electron chi connectivity index (χ3n) is 5.84. The van der Waals surface area contributed by atoms with Crippen LogP contribution in [0.3, 0.4) is 0 Å². The normalized spacial score (nSPS) is 16.2. The lowest BCUT2D eigenvalue weighted by atomic mass is 10.0. The molecule has 0 bridgehead atoms. The fraction of sp³-hybridized carbons (Fsp3) is 0.417. The molecule has 166 valence electrons. The number of benzene rings is 2. The maximum atomic E-state index is 13.5. The van der Waals surface area contributed by atoms with Crippen molar-refractivity contribution in [3.05, 3.63) is 54.2 Å². The van der Waals surface area contributed by atoms with Crippen LogP contribution in [0, 0.1) is 6.92 Å². The molecular formula is C24H31N3O3S. The molecule has 7 heteroatoms. The summed E-state index contributed by atoms with van der Waals surface area (Å²) in [5, 5.41) is 4.41. The molecule has 2 aromatic carbocycles. The lowest BCUT2D eigenvalue weighted by molar-refractivity contribution is 0.243. The van der Waals surface area contributed by atoms with Crippen LogP contribution in [0.5, 0.6) is 5.75 Å². The Balaban J connectivity index is 1.64. The SMILES string of the molecule is Cc1ccc(S(=O)(=O)n2ccc3cc(OC(C)C)ccc32)cc1NC1CCN(C)CC1. The third-order valence-corrected chi connectivity index (χ3v) is 7.53. The molecular weight excluding hydrogens is 410 g/mol. The van der Waals surface area contributed by atoms with Gasteiger partial charge in [0.05, 0.1) is 16.5 Å². The smallest absolute Gasteiger partial charge is 0.268 e. The molecule has 1 aromatic heterocycles. The summed E-state index contributed by atoms with van der Waals surface area (Å²) >= 11 is 0. The van der Waals surface area contributed by atoms with Crippen molar-refractivity contribution in [2.75, 3.05) is 25.5 Å². The summed E-state index contributed by atoms with van der Waals surface area (Å²) in [5.74, 6) is 0.734. The molecule has 1 N–H and O–H groups in total. The fourth-order valence-electron chi connectivity index (χ4n) is 4.05. The van der Waals surface area contributed by atoms with E-state index in [0.717, 1.165) is 48.3 Å². The van der Waals surface area contributed by atoms with Crippen molar-refractivity contribution < 1.29 is 13.2 Å². The van der Waals surface area contributed by atoms with Crippen LogP contribution in [0.15, 0.2) is 53.6 Å². The highest BCUT2D eigenvalue weighted by molar-refractivity contribution is 7.90. The maximum absolute atomic E-state index is 13.5. The van der Waals surface area contributed by atoms with Crippen molar-refractivity contribution in [2.45, 2.75) is 50.7 Å². The van der Waals surface area contributed by atoms with E-state index >= 15 is 0 Å². The minimum Gasteiger partial charge on any atom is -0.491 e. The van der Waals surface area contributed by atoms with Gasteiger partial charge in [-0.3, -0.25) is 0 Å². The molecule has 1 aliphatic rings. The Kier molecular flexibility index (Phi) is 5.99. The predicted octanol–water partition coefficient (Wildman–Crippen LogP) is 4.48. The van der Waals surface area contributed by atoms with Gasteiger partial charge < -0.3 is 15.0 Å². The average Bonchev–Trinajstić information content (AvgIpc) is 3.15. The van der Waals surface area contributed by atoms with Crippen LogP contribution in [0.1, 0.15) is 32.3 Å². The molecule has 31 heavy (non-hydrogen) atoms. The van der Waals surface area contributed by atoms with Crippen LogP contribution < -0.4 is 10.1 Å². The number of anilines is 1. The van der Waals surface area contributed by atoms with Gasteiger partial charge in [-0.1, -0.05) is 6.07 Å². The van der Waals surface area contributed by atoms with Crippen molar-refractivity contribution in [2.24, 2.45) is 0 Å². The quantitative estimate of drug-likeness (QED) is 0.611. The molecule has 0 unspecified atom stereocenters. The lowest BCUT2D eigenvalue weighted by Crippen LogP contribution is -2.36. The average molecular weight is 442 g/mol. The zero-order valence-corrected chi connectivity index (χ0v) is 19.4. The fourth-order valence-corrected chi connectivity index (χ4v) is 5.43. The van der Waals surface area contributed by atoms with E-state index in [4.69, 9.17) is 4.74 Å². The molecule has 0 aliphatic carbocycles. The van der Waals surface area contributed by atoms with Gasteiger partial charge in [0, 0.05) is 23.3 Å². The van der Waals surface area contributed by atoms with Crippen LogP contribution in [-0.2, 0) is 10.0 Å². The van der Waals surface area contributed by atoms with Gasteiger partial charge in [-0.2, -0.15) is 0 Å². The highest BCUT2D eigenvalue weighted by Gasteiger charge is 2.22. The Morgan fingerprint density at radius 1 is 1.06 bits per heavy atom. The van der Waals surface area contributed by atoms with Gasteiger partial charge in [0.25, 0.3) is 10.0 Å². The van der Waals surface area contributed by atoms with Crippen molar-refractivity contribution in [3.63, 3.8) is 0 Å². The molecule has 0 saturated carbocycles. The molecule has 0 spiro atoms. The number of aromatic nitrogens is 1. The van der Waals surface area contributed by atoms with Crippen molar-refractivity contribution in [3.8, 4) is 5.75 Å². The Labute approximate surface area is 184 Å². The summed E-state index contributed by atoms with van der Waals surface area (Å²) in [6.45, 7) is 8.04. The second-order valence-corrected chi connectivity index (χ2v) is 10.5. The van der Waals surface area contributed by atoms with Crippen LogP contribution >= 0.6 is 0 Å². The Hall–Kier alpha value is -2.51. The molecule has 6 nitrogen and oxygen atoms in total. The Morgan fingerprint density at radius 2 is 1.81 bits per heavy atom. The van der Waals surface area contributed by atoms with Crippen LogP contribution in [0.4, 0.5) is 5.69 Å². The van der Waals surface area contributed by atoms with E-state index in [0.29, 0.717) is 11.6 Å². The largest absolute Gasteiger partial charge is 0.491 e. The van der Waals surface area contributed by atoms with E-state index in [9.17, 15) is 8.42 Å². The number of nitrogens with one attached hydrogen (secondary N) is 1. The Bertz CT molecular complexity index is 1180. The topological polar surface area (TPSA) is 63.6 Å². The summed E-state index contributed by atoms with van der Waals surface area (Å²) in [4.78, 5) is 2.61. The zero-order valence-electron chi connectivity index (χ0n) is 18.6. The minimum absolute atomic E-state index is 0.0614. The number of piperidine rings is 1. The second-order valence-electron chi connectivity index (χ2n) is 8.70. The number of aryl methyl sites for hydroxylation is 1. The first-order valence-corrected chi connectivity index (χ1v) is 12.3. The number of likely N-dealkylation sites (tertiary alicyclic amines) is 1. The molecule has 3 aromatic rings. The number of hydrogen-bond acceptors (Lipinski definition) is 5. The maximum Gasteiger partial charge on any atom is 0.268 e. The first kappa shape index (κ1) is 21.7. The number of fused-ring (bicyclic) bond motifs is 1. The molecule has 0 amide bonds. The number of rotatable bonds is 6. The summed E-state index contributed by atoms with van der Waals surface area (Å²) in [6.07, 6.45) is 3.78. The monoisotopic (exact) mass is 441 g/mol. The van der Waals surface area contributed by atoms with Gasteiger partial charge in [0.15, 0.2) is 0 Å². The third kappa shape index (κ3) is 4.57. The van der Waals surface area contributed by atoms with E-state index < -0.39 is 10.0 Å². The second kappa shape index (κ2) is 8.55. The van der Waals surface area contributed by atoms with E-state index in [1.807, 2.05) is 45.0 Å². The highest BCUT2D eigenvalue weighted by atomic mass is 32.2. The zero-order chi connectivity index (χ0) is 22.2. The standard InChI is InChI=1S/C24H31N3O3S/c1-17(2)30-21-6-8-24-19(15-21)9-14-27(24)31(28,29)22-7-5-18(3)23(16-22)25-20-10-12-26(4)13-11-20/h5-9,14-17,20,25H,10-13H2,1-4H3. The Morgan fingerprint density at radius 3 is 2.52 bits per heavy atom. The van der Waals surface area contributed by atoms with E-state index in [2.05, 4.69) is 17.3 Å². The first-order chi connectivity index (χ1) is 14.7. The van der Waals surface area contributed by atoms with Crippen LogP contribution in [-0.4, -0.2) is 49.6 Å². The first-order valence-electron chi connectivity index (χ1n) is 10.8. The van der Waals surface area contributed by atoms with Crippen LogP contribution in [0.2, 0.25) is 0 Å². The van der Waals surface area contributed by atoms with Gasteiger partial charge in [0.1, 0.15) is 5.75 Å². The minimum atomic E-state index is -3.72. The van der Waals surface area contributed by atoms with Crippen molar-refractivity contribution >= 4 is 26.6 Å². The molecule has 2 heterocycles. The van der Waals surface area contributed by atoms with E-state index in [1.54, 1.807) is 24.4 Å². The molecule has 1 saturated heterocycles. The number of hydrogen-bond donors (Lipinski definition) is 1. The summed E-state index contributed by atoms with van der Waals surface area (Å²) in [5.41, 5.74) is 2.58. The lowest BCUT2D eigenvalue weighted by Gasteiger charge is -2.30. The van der Waals surface area contributed by atoms with Gasteiger partial charge in [-0.15, -0.1) is 0 Å². The molecule has 1 aliphatic heterocycles. The predicted molar refractivity (Wildman–Crippen MR) is 126 cm³/mol. The summed E-state index contributed by atoms with van der Waals surface area (Å²) < 4.78 is 34.0. The molecule has 0 radical (unpaired) electrons. The van der Waals surface area contributed by atoms with Gasteiger partial charge in [0.2, 0.25) is 0 Å². The summed E-state index contributed by atoms with van der Waals surface area (Å²) in [6, 6.07) is 13.0. The summed E-state index contributed by atoms with van der Waals surface area (Å²) in [7, 11) is -1.59. The molecule has 1 fully saturated rings. The van der Waals surface area contributed by atoms with E-state index in [1.165, 1.54) is 3.97 Å².